The summed E-state index contributed by atoms with van der Waals surface area (Å²) in [5.41, 5.74) is 4.83. The van der Waals surface area contributed by atoms with E-state index in [0.29, 0.717) is 5.56 Å². The second-order valence-corrected chi connectivity index (χ2v) is 6.86. The standard InChI is InChI=1S/C12H13FN2O2S/c1-2-18(16,17)11-10(12(11,15)7-14)8-4-3-5-9(13)6-8/h3-6,10-11H,2,15H2,1H3/t10-,11+,12+/m1/s1. The van der Waals surface area contributed by atoms with Gasteiger partial charge in [0.1, 0.15) is 16.6 Å². The third-order valence-electron chi connectivity index (χ3n) is 3.37. The number of hydrogen-bond acceptors (Lipinski definition) is 4. The first-order chi connectivity index (χ1) is 8.36. The highest BCUT2D eigenvalue weighted by molar-refractivity contribution is 7.92. The summed E-state index contributed by atoms with van der Waals surface area (Å²) >= 11 is 0. The Kier molecular flexibility index (Phi) is 2.92. The van der Waals surface area contributed by atoms with E-state index in [0.717, 1.165) is 0 Å². The summed E-state index contributed by atoms with van der Waals surface area (Å²) in [6, 6.07) is 7.42. The molecular formula is C12H13FN2O2S. The Morgan fingerprint density at radius 2 is 2.22 bits per heavy atom. The molecule has 1 saturated carbocycles. The Labute approximate surface area is 105 Å². The van der Waals surface area contributed by atoms with Crippen molar-refractivity contribution in [1.29, 1.82) is 5.26 Å². The van der Waals surface area contributed by atoms with Crippen molar-refractivity contribution in [2.45, 2.75) is 23.6 Å². The highest BCUT2D eigenvalue weighted by Crippen LogP contribution is 2.53. The molecule has 0 heterocycles. The lowest BCUT2D eigenvalue weighted by atomic mass is 10.1. The topological polar surface area (TPSA) is 83.9 Å². The summed E-state index contributed by atoms with van der Waals surface area (Å²) in [6.45, 7) is 1.51. The molecule has 0 bridgehead atoms. The van der Waals surface area contributed by atoms with Crippen LogP contribution in [-0.4, -0.2) is 25.0 Å². The van der Waals surface area contributed by atoms with Crippen LogP contribution in [0.15, 0.2) is 24.3 Å². The molecule has 0 spiro atoms. The number of nitrogens with two attached hydrogens (primary N) is 1. The van der Waals surface area contributed by atoms with Crippen LogP contribution in [-0.2, 0) is 9.84 Å². The zero-order chi connectivity index (χ0) is 13.6. The summed E-state index contributed by atoms with van der Waals surface area (Å²) < 4.78 is 36.9. The normalized spacial score (nSPS) is 30.8. The van der Waals surface area contributed by atoms with Crippen molar-refractivity contribution < 1.29 is 12.8 Å². The van der Waals surface area contributed by atoms with Gasteiger partial charge in [-0.05, 0) is 17.7 Å². The first-order valence-electron chi connectivity index (χ1n) is 5.54. The van der Waals surface area contributed by atoms with Crippen LogP contribution in [0.5, 0.6) is 0 Å². The fourth-order valence-corrected chi connectivity index (χ4v) is 4.21. The Balaban J connectivity index is 2.45. The lowest BCUT2D eigenvalue weighted by Crippen LogP contribution is -2.29. The summed E-state index contributed by atoms with van der Waals surface area (Å²) in [5, 5.41) is 8.12. The average molecular weight is 268 g/mol. The first kappa shape index (κ1) is 13.0. The molecule has 1 aromatic carbocycles. The fourth-order valence-electron chi connectivity index (χ4n) is 2.34. The predicted octanol–water partition coefficient (Wildman–Crippen LogP) is 0.947. The third-order valence-corrected chi connectivity index (χ3v) is 5.61. The van der Waals surface area contributed by atoms with E-state index in [1.807, 2.05) is 6.07 Å². The number of nitrogens with zero attached hydrogens (tertiary/aromatic N) is 1. The maximum absolute atomic E-state index is 13.1. The number of hydrogen-bond donors (Lipinski definition) is 1. The van der Waals surface area contributed by atoms with E-state index in [1.54, 1.807) is 6.07 Å². The van der Waals surface area contributed by atoms with Crippen molar-refractivity contribution in [2.75, 3.05) is 5.75 Å². The van der Waals surface area contributed by atoms with Gasteiger partial charge in [-0.3, -0.25) is 0 Å². The molecule has 1 aromatic rings. The van der Waals surface area contributed by atoms with Gasteiger partial charge in [-0.2, -0.15) is 5.26 Å². The van der Waals surface area contributed by atoms with Gasteiger partial charge in [0.05, 0.1) is 6.07 Å². The molecule has 0 aliphatic heterocycles. The molecule has 6 heteroatoms. The fraction of sp³-hybridized carbons (Fsp3) is 0.417. The Morgan fingerprint density at radius 1 is 1.56 bits per heavy atom. The second-order valence-electron chi connectivity index (χ2n) is 4.45. The zero-order valence-corrected chi connectivity index (χ0v) is 10.6. The number of nitriles is 1. The number of sulfone groups is 1. The van der Waals surface area contributed by atoms with Crippen molar-refractivity contribution in [3.8, 4) is 6.07 Å². The SMILES string of the molecule is CCS(=O)(=O)[C@H]1[C@@H](c2cccc(F)c2)[C@@]1(N)C#N. The maximum atomic E-state index is 13.1. The molecule has 18 heavy (non-hydrogen) atoms. The molecule has 1 aliphatic carbocycles. The first-order valence-corrected chi connectivity index (χ1v) is 7.25. The van der Waals surface area contributed by atoms with Gasteiger partial charge in [-0.1, -0.05) is 19.1 Å². The minimum absolute atomic E-state index is 0.0793. The third kappa shape index (κ3) is 1.80. The maximum Gasteiger partial charge on any atom is 0.156 e. The van der Waals surface area contributed by atoms with Crippen molar-refractivity contribution in [2.24, 2.45) is 5.73 Å². The molecule has 0 saturated heterocycles. The van der Waals surface area contributed by atoms with Gasteiger partial charge in [-0.15, -0.1) is 0 Å². The second kappa shape index (κ2) is 4.04. The van der Waals surface area contributed by atoms with Crippen molar-refractivity contribution in [1.82, 2.24) is 0 Å². The van der Waals surface area contributed by atoms with E-state index in [2.05, 4.69) is 0 Å². The van der Waals surface area contributed by atoms with Crippen molar-refractivity contribution in [3.05, 3.63) is 35.6 Å². The smallest absolute Gasteiger partial charge is 0.156 e. The molecule has 1 fully saturated rings. The highest BCUT2D eigenvalue weighted by Gasteiger charge is 2.69. The molecule has 2 rings (SSSR count). The quantitative estimate of drug-likeness (QED) is 0.884. The van der Waals surface area contributed by atoms with E-state index >= 15 is 0 Å². The molecule has 2 N–H and O–H groups in total. The minimum atomic E-state index is -3.42. The molecule has 0 radical (unpaired) electrons. The van der Waals surface area contributed by atoms with E-state index in [-0.39, 0.29) is 5.75 Å². The lowest BCUT2D eigenvalue weighted by molar-refractivity contribution is 0.593. The highest BCUT2D eigenvalue weighted by atomic mass is 32.2. The zero-order valence-electron chi connectivity index (χ0n) is 9.80. The lowest BCUT2D eigenvalue weighted by Gasteiger charge is -2.00. The number of halogens is 1. The van der Waals surface area contributed by atoms with Crippen molar-refractivity contribution >= 4 is 9.84 Å². The van der Waals surface area contributed by atoms with Crippen LogP contribution in [0, 0.1) is 17.1 Å². The predicted molar refractivity (Wildman–Crippen MR) is 64.9 cm³/mol. The van der Waals surface area contributed by atoms with E-state index in [1.165, 1.54) is 25.1 Å². The summed E-state index contributed by atoms with van der Waals surface area (Å²) in [4.78, 5) is 0. The van der Waals surface area contributed by atoms with Crippen LogP contribution >= 0.6 is 0 Å². The molecule has 3 atom stereocenters. The Morgan fingerprint density at radius 3 is 2.72 bits per heavy atom. The Hall–Kier alpha value is -1.45. The number of rotatable bonds is 3. The van der Waals surface area contributed by atoms with Crippen LogP contribution in [0.2, 0.25) is 0 Å². The largest absolute Gasteiger partial charge is 0.312 e. The van der Waals surface area contributed by atoms with Gasteiger partial charge in [-0.25, -0.2) is 12.8 Å². The van der Waals surface area contributed by atoms with Crippen LogP contribution < -0.4 is 5.73 Å². The van der Waals surface area contributed by atoms with Gasteiger partial charge in [0.25, 0.3) is 0 Å². The van der Waals surface area contributed by atoms with E-state index in [4.69, 9.17) is 11.0 Å². The van der Waals surface area contributed by atoms with Gasteiger partial charge in [0, 0.05) is 11.7 Å². The molecular weight excluding hydrogens is 255 g/mol. The Bertz CT molecular complexity index is 623. The molecule has 96 valence electrons. The van der Waals surface area contributed by atoms with Gasteiger partial charge in [0.15, 0.2) is 9.84 Å². The molecule has 0 amide bonds. The molecule has 1 aliphatic rings. The van der Waals surface area contributed by atoms with E-state index < -0.39 is 32.4 Å². The van der Waals surface area contributed by atoms with Gasteiger partial charge in [0.2, 0.25) is 0 Å². The summed E-state index contributed by atoms with van der Waals surface area (Å²) in [5.74, 6) is -1.19. The van der Waals surface area contributed by atoms with Crippen LogP contribution in [0.1, 0.15) is 18.4 Å². The van der Waals surface area contributed by atoms with Crippen molar-refractivity contribution in [3.63, 3.8) is 0 Å². The monoisotopic (exact) mass is 268 g/mol. The molecule has 0 aromatic heterocycles. The van der Waals surface area contributed by atoms with Crippen LogP contribution in [0.3, 0.4) is 0 Å². The van der Waals surface area contributed by atoms with Crippen LogP contribution in [0.25, 0.3) is 0 Å². The van der Waals surface area contributed by atoms with Gasteiger partial charge >= 0.3 is 0 Å². The minimum Gasteiger partial charge on any atom is -0.312 e. The van der Waals surface area contributed by atoms with Crippen LogP contribution in [0.4, 0.5) is 4.39 Å². The molecule has 0 unspecified atom stereocenters. The summed E-state index contributed by atoms with van der Waals surface area (Å²) in [7, 11) is -3.42. The number of benzene rings is 1. The average Bonchev–Trinajstić information content (AvgIpc) is 2.98. The molecule has 4 nitrogen and oxygen atoms in total. The van der Waals surface area contributed by atoms with E-state index in [9.17, 15) is 12.8 Å². The summed E-state index contributed by atoms with van der Waals surface area (Å²) in [6.07, 6.45) is 0. The van der Waals surface area contributed by atoms with Gasteiger partial charge < -0.3 is 5.73 Å².